The fourth-order valence-electron chi connectivity index (χ4n) is 2.88. The number of nitrogen functional groups attached to an aromatic ring is 1. The first-order chi connectivity index (χ1) is 13.9. The van der Waals surface area contributed by atoms with Gasteiger partial charge in [-0.25, -0.2) is 9.18 Å². The Kier molecular flexibility index (Phi) is 9.21. The SMILES string of the molecule is C=C(OCC)c1cc(N)c(/C=C(\N)C(CC)CCN(C)C(=O)OC(C)(C)C)c(F)c1. The summed E-state index contributed by atoms with van der Waals surface area (Å²) in [5.41, 5.74) is 13.3. The average Bonchev–Trinajstić information content (AvgIpc) is 2.63. The van der Waals surface area contributed by atoms with E-state index in [9.17, 15) is 9.18 Å². The number of carbonyl (C=O) groups excluding carboxylic acids is 1. The molecule has 6 nitrogen and oxygen atoms in total. The van der Waals surface area contributed by atoms with Gasteiger partial charge in [-0.1, -0.05) is 13.5 Å². The molecule has 0 radical (unpaired) electrons. The summed E-state index contributed by atoms with van der Waals surface area (Å²) in [5.74, 6) is -0.163. The zero-order valence-corrected chi connectivity index (χ0v) is 19.0. The molecule has 30 heavy (non-hydrogen) atoms. The molecular formula is C23H36FN3O3. The van der Waals surface area contributed by atoms with Crippen molar-refractivity contribution >= 4 is 23.6 Å². The first kappa shape index (κ1) is 25.3. The van der Waals surface area contributed by atoms with Crippen molar-refractivity contribution in [3.63, 3.8) is 0 Å². The van der Waals surface area contributed by atoms with Crippen molar-refractivity contribution in [2.24, 2.45) is 11.7 Å². The fraction of sp³-hybridized carbons (Fsp3) is 0.522. The Bertz CT molecular complexity index is 761. The summed E-state index contributed by atoms with van der Waals surface area (Å²) < 4.78 is 25.3. The van der Waals surface area contributed by atoms with Crippen molar-refractivity contribution < 1.29 is 18.7 Å². The van der Waals surface area contributed by atoms with Gasteiger partial charge in [0.25, 0.3) is 0 Å². The molecule has 168 valence electrons. The fourth-order valence-corrected chi connectivity index (χ4v) is 2.88. The Morgan fingerprint density at radius 2 is 1.97 bits per heavy atom. The van der Waals surface area contributed by atoms with Gasteiger partial charge in [-0.15, -0.1) is 0 Å². The Balaban J connectivity index is 2.92. The van der Waals surface area contributed by atoms with Gasteiger partial charge in [0.1, 0.15) is 17.2 Å². The highest BCUT2D eigenvalue weighted by molar-refractivity contribution is 5.72. The third-order valence-corrected chi connectivity index (χ3v) is 4.60. The lowest BCUT2D eigenvalue weighted by atomic mass is 9.96. The lowest BCUT2D eigenvalue weighted by molar-refractivity contribution is 0.0292. The smallest absolute Gasteiger partial charge is 0.410 e. The number of carbonyl (C=O) groups is 1. The van der Waals surface area contributed by atoms with Gasteiger partial charge in [0.05, 0.1) is 6.61 Å². The summed E-state index contributed by atoms with van der Waals surface area (Å²) in [6.45, 7) is 14.0. The molecule has 0 bridgehead atoms. The van der Waals surface area contributed by atoms with Crippen molar-refractivity contribution in [2.75, 3.05) is 25.9 Å². The molecule has 0 aliphatic carbocycles. The molecule has 0 aliphatic rings. The van der Waals surface area contributed by atoms with Gasteiger partial charge in [0.15, 0.2) is 0 Å². The molecule has 1 rings (SSSR count). The van der Waals surface area contributed by atoms with E-state index < -0.39 is 11.4 Å². The standard InChI is InChI=1S/C23H36FN3O3/c1-8-16(10-11-27(7)22(28)30-23(4,5)6)20(25)14-18-19(24)12-17(13-21(18)26)15(3)29-9-2/h12-14,16H,3,8-11,25-26H2,1-2,4-7H3/b20-14-. The van der Waals surface area contributed by atoms with Crippen LogP contribution in [0.4, 0.5) is 14.9 Å². The highest BCUT2D eigenvalue weighted by Gasteiger charge is 2.21. The number of allylic oxidation sites excluding steroid dienone is 1. The molecule has 0 saturated carbocycles. The Labute approximate surface area is 179 Å². The van der Waals surface area contributed by atoms with E-state index in [0.717, 1.165) is 6.42 Å². The van der Waals surface area contributed by atoms with E-state index in [2.05, 4.69) is 6.58 Å². The second-order valence-electron chi connectivity index (χ2n) is 8.26. The molecule has 7 heteroatoms. The van der Waals surface area contributed by atoms with Crippen LogP contribution in [0.2, 0.25) is 0 Å². The highest BCUT2D eigenvalue weighted by Crippen LogP contribution is 2.27. The van der Waals surface area contributed by atoms with E-state index in [1.165, 1.54) is 11.0 Å². The van der Waals surface area contributed by atoms with Crippen LogP contribution >= 0.6 is 0 Å². The number of benzene rings is 1. The second kappa shape index (κ2) is 10.9. The first-order valence-corrected chi connectivity index (χ1v) is 10.2. The Hall–Kier alpha value is -2.70. The predicted molar refractivity (Wildman–Crippen MR) is 121 cm³/mol. The number of amides is 1. The van der Waals surface area contributed by atoms with Crippen LogP contribution in [-0.2, 0) is 9.47 Å². The van der Waals surface area contributed by atoms with Gasteiger partial charge < -0.3 is 25.8 Å². The van der Waals surface area contributed by atoms with Crippen molar-refractivity contribution in [3.8, 4) is 0 Å². The monoisotopic (exact) mass is 421 g/mol. The van der Waals surface area contributed by atoms with Gasteiger partial charge in [-0.2, -0.15) is 0 Å². The number of hydrogen-bond donors (Lipinski definition) is 2. The summed E-state index contributed by atoms with van der Waals surface area (Å²) in [4.78, 5) is 13.6. The van der Waals surface area contributed by atoms with Crippen LogP contribution in [0.25, 0.3) is 11.8 Å². The highest BCUT2D eigenvalue weighted by atomic mass is 19.1. The number of rotatable bonds is 9. The molecule has 0 fully saturated rings. The van der Waals surface area contributed by atoms with Crippen LogP contribution in [0, 0.1) is 11.7 Å². The minimum atomic E-state index is -0.552. The van der Waals surface area contributed by atoms with E-state index in [1.807, 2.05) is 34.6 Å². The quantitative estimate of drug-likeness (QED) is 0.433. The molecule has 1 unspecified atom stereocenters. The molecule has 1 aromatic carbocycles. The summed E-state index contributed by atoms with van der Waals surface area (Å²) in [6, 6.07) is 2.96. The molecule has 0 spiro atoms. The number of nitrogens with two attached hydrogens (primary N) is 2. The second-order valence-corrected chi connectivity index (χ2v) is 8.26. The molecule has 0 aliphatic heterocycles. The first-order valence-electron chi connectivity index (χ1n) is 10.2. The molecule has 0 saturated heterocycles. The molecule has 0 heterocycles. The van der Waals surface area contributed by atoms with E-state index in [0.29, 0.717) is 36.6 Å². The van der Waals surface area contributed by atoms with Crippen molar-refractivity contribution in [2.45, 2.75) is 53.1 Å². The van der Waals surface area contributed by atoms with Gasteiger partial charge in [-0.3, -0.25) is 0 Å². The molecule has 1 atom stereocenters. The molecule has 1 aromatic rings. The minimum absolute atomic E-state index is 0.0354. The minimum Gasteiger partial charge on any atom is -0.494 e. The van der Waals surface area contributed by atoms with Crippen LogP contribution in [-0.4, -0.2) is 36.8 Å². The molecular weight excluding hydrogens is 385 g/mol. The summed E-state index contributed by atoms with van der Waals surface area (Å²) in [7, 11) is 1.68. The predicted octanol–water partition coefficient (Wildman–Crippen LogP) is 5.00. The van der Waals surface area contributed by atoms with Gasteiger partial charge in [0.2, 0.25) is 0 Å². The molecule has 0 aromatic heterocycles. The maximum atomic E-state index is 14.7. The van der Waals surface area contributed by atoms with Gasteiger partial charge in [-0.05, 0) is 64.7 Å². The van der Waals surface area contributed by atoms with Crippen molar-refractivity contribution in [1.82, 2.24) is 4.90 Å². The maximum Gasteiger partial charge on any atom is 0.410 e. The third kappa shape index (κ3) is 7.61. The topological polar surface area (TPSA) is 90.8 Å². The zero-order valence-electron chi connectivity index (χ0n) is 19.0. The maximum absolute atomic E-state index is 14.7. The number of halogens is 1. The van der Waals surface area contributed by atoms with Crippen LogP contribution < -0.4 is 11.5 Å². The summed E-state index contributed by atoms with van der Waals surface area (Å²) in [6.07, 6.45) is 2.54. The van der Waals surface area contributed by atoms with Crippen LogP contribution in [0.1, 0.15) is 58.6 Å². The van der Waals surface area contributed by atoms with Crippen LogP contribution in [0.5, 0.6) is 0 Å². The summed E-state index contributed by atoms with van der Waals surface area (Å²) in [5, 5.41) is 0. The largest absolute Gasteiger partial charge is 0.494 e. The van der Waals surface area contributed by atoms with Crippen LogP contribution in [0.15, 0.2) is 24.4 Å². The molecule has 4 N–H and O–H groups in total. The Morgan fingerprint density at radius 1 is 1.33 bits per heavy atom. The summed E-state index contributed by atoms with van der Waals surface area (Å²) >= 11 is 0. The van der Waals surface area contributed by atoms with E-state index in [4.69, 9.17) is 20.9 Å². The average molecular weight is 422 g/mol. The normalized spacial score (nSPS) is 13.0. The van der Waals surface area contributed by atoms with Gasteiger partial charge >= 0.3 is 6.09 Å². The van der Waals surface area contributed by atoms with E-state index in [-0.39, 0.29) is 23.3 Å². The molecule has 1 amide bonds. The lowest BCUT2D eigenvalue weighted by Gasteiger charge is -2.26. The van der Waals surface area contributed by atoms with Crippen molar-refractivity contribution in [1.29, 1.82) is 0 Å². The van der Waals surface area contributed by atoms with Crippen molar-refractivity contribution in [3.05, 3.63) is 41.4 Å². The third-order valence-electron chi connectivity index (χ3n) is 4.60. The number of nitrogens with zero attached hydrogens (tertiary/aromatic N) is 1. The zero-order chi connectivity index (χ0) is 23.1. The number of hydrogen-bond acceptors (Lipinski definition) is 5. The van der Waals surface area contributed by atoms with E-state index >= 15 is 0 Å². The number of ether oxygens (including phenoxy) is 2. The van der Waals surface area contributed by atoms with Crippen LogP contribution in [0.3, 0.4) is 0 Å². The van der Waals surface area contributed by atoms with E-state index in [1.54, 1.807) is 19.2 Å². The Morgan fingerprint density at radius 3 is 2.47 bits per heavy atom. The lowest BCUT2D eigenvalue weighted by Crippen LogP contribution is -2.35. The number of anilines is 1. The van der Waals surface area contributed by atoms with Gasteiger partial charge in [0, 0.05) is 36.1 Å².